The van der Waals surface area contributed by atoms with Gasteiger partial charge in [-0.1, -0.05) is 30.3 Å². The van der Waals surface area contributed by atoms with Gasteiger partial charge in [0.25, 0.3) is 11.8 Å². The molecule has 7 heteroatoms. The normalized spacial score (nSPS) is 11.5. The highest BCUT2D eigenvalue weighted by Crippen LogP contribution is 2.12. The van der Waals surface area contributed by atoms with E-state index in [0.29, 0.717) is 11.3 Å². The summed E-state index contributed by atoms with van der Waals surface area (Å²) in [7, 11) is 1.57. The van der Waals surface area contributed by atoms with Gasteiger partial charge >= 0.3 is 5.97 Å². The van der Waals surface area contributed by atoms with Crippen LogP contribution in [0.3, 0.4) is 0 Å². The van der Waals surface area contributed by atoms with Crippen LogP contribution in [-0.2, 0) is 14.3 Å². The highest BCUT2D eigenvalue weighted by Gasteiger charge is 2.17. The first-order valence-electron chi connectivity index (χ1n) is 8.17. The lowest BCUT2D eigenvalue weighted by Gasteiger charge is -2.13. The van der Waals surface area contributed by atoms with Gasteiger partial charge in [-0.15, -0.1) is 0 Å². The molecule has 2 N–H and O–H groups in total. The fourth-order valence-corrected chi connectivity index (χ4v) is 2.03. The van der Waals surface area contributed by atoms with E-state index in [0.717, 1.165) is 5.56 Å². The van der Waals surface area contributed by atoms with Crippen LogP contribution >= 0.6 is 0 Å². The number of ether oxygens (including phenoxy) is 2. The van der Waals surface area contributed by atoms with Gasteiger partial charge in [0.15, 0.2) is 6.10 Å². The van der Waals surface area contributed by atoms with Crippen molar-refractivity contribution in [2.45, 2.75) is 13.0 Å². The first-order chi connectivity index (χ1) is 13.0. The van der Waals surface area contributed by atoms with Crippen LogP contribution in [0.1, 0.15) is 22.8 Å². The molecule has 7 nitrogen and oxygen atoms in total. The molecule has 2 rings (SSSR count). The van der Waals surface area contributed by atoms with Gasteiger partial charge in [0.05, 0.1) is 7.11 Å². The number of esters is 1. The van der Waals surface area contributed by atoms with Gasteiger partial charge in [0.2, 0.25) is 0 Å². The first-order valence-corrected chi connectivity index (χ1v) is 8.17. The Morgan fingerprint density at radius 3 is 2.26 bits per heavy atom. The molecular weight excluding hydrogens is 348 g/mol. The van der Waals surface area contributed by atoms with Crippen LogP contribution in [0.15, 0.2) is 60.7 Å². The monoisotopic (exact) mass is 368 g/mol. The number of amides is 2. The smallest absolute Gasteiger partial charge is 0.331 e. The zero-order chi connectivity index (χ0) is 19.6. The number of hydrogen-bond acceptors (Lipinski definition) is 5. The van der Waals surface area contributed by atoms with Crippen LogP contribution in [0.2, 0.25) is 0 Å². The van der Waals surface area contributed by atoms with Crippen LogP contribution in [0, 0.1) is 0 Å². The van der Waals surface area contributed by atoms with E-state index in [9.17, 15) is 14.4 Å². The largest absolute Gasteiger partial charge is 0.497 e. The quantitative estimate of drug-likeness (QED) is 0.463. The lowest BCUT2D eigenvalue weighted by atomic mass is 10.2. The maximum atomic E-state index is 11.9. The first kappa shape index (κ1) is 19.7. The van der Waals surface area contributed by atoms with Crippen molar-refractivity contribution < 1.29 is 23.9 Å². The molecule has 0 bridgehead atoms. The summed E-state index contributed by atoms with van der Waals surface area (Å²) < 4.78 is 10.1. The summed E-state index contributed by atoms with van der Waals surface area (Å²) in [6.07, 6.45) is 1.70. The molecule has 0 aliphatic heterocycles. The lowest BCUT2D eigenvalue weighted by molar-refractivity contribution is -0.150. The zero-order valence-electron chi connectivity index (χ0n) is 15.0. The molecule has 0 aliphatic carbocycles. The lowest BCUT2D eigenvalue weighted by Crippen LogP contribution is -2.46. The predicted octanol–water partition coefficient (Wildman–Crippen LogP) is 2.10. The van der Waals surface area contributed by atoms with E-state index in [1.165, 1.54) is 13.0 Å². The van der Waals surface area contributed by atoms with E-state index < -0.39 is 23.9 Å². The summed E-state index contributed by atoms with van der Waals surface area (Å²) >= 11 is 0. The van der Waals surface area contributed by atoms with E-state index in [1.54, 1.807) is 67.8 Å². The minimum atomic E-state index is -1.07. The van der Waals surface area contributed by atoms with Crippen molar-refractivity contribution >= 4 is 23.9 Å². The van der Waals surface area contributed by atoms with Crippen LogP contribution in [0.4, 0.5) is 0 Å². The Kier molecular flexibility index (Phi) is 7.13. The number of methoxy groups -OCH3 is 1. The molecule has 0 radical (unpaired) electrons. The molecule has 0 aliphatic rings. The number of rotatable bonds is 6. The third-order valence-electron chi connectivity index (χ3n) is 3.53. The summed E-state index contributed by atoms with van der Waals surface area (Å²) in [4.78, 5) is 35.6. The maximum Gasteiger partial charge on any atom is 0.331 e. The second kappa shape index (κ2) is 9.76. The van der Waals surface area contributed by atoms with E-state index in [1.807, 2.05) is 0 Å². The molecule has 0 aromatic heterocycles. The topological polar surface area (TPSA) is 93.7 Å². The number of benzene rings is 2. The summed E-state index contributed by atoms with van der Waals surface area (Å²) in [6, 6.07) is 15.5. The number of carbonyl (C=O) groups excluding carboxylic acids is 3. The number of carbonyl (C=O) groups is 3. The van der Waals surface area contributed by atoms with Gasteiger partial charge < -0.3 is 9.47 Å². The van der Waals surface area contributed by atoms with Gasteiger partial charge in [-0.3, -0.25) is 20.4 Å². The van der Waals surface area contributed by atoms with Crippen molar-refractivity contribution in [3.63, 3.8) is 0 Å². The Morgan fingerprint density at radius 1 is 0.963 bits per heavy atom. The summed E-state index contributed by atoms with van der Waals surface area (Å²) in [5.41, 5.74) is 5.65. The van der Waals surface area contributed by atoms with Crippen molar-refractivity contribution in [2.24, 2.45) is 0 Å². The zero-order valence-corrected chi connectivity index (χ0v) is 15.0. The molecule has 0 unspecified atom stereocenters. The third-order valence-corrected chi connectivity index (χ3v) is 3.53. The molecule has 2 aromatic rings. The van der Waals surface area contributed by atoms with Crippen LogP contribution < -0.4 is 15.6 Å². The number of hydrazine groups is 1. The second-order valence-corrected chi connectivity index (χ2v) is 5.50. The molecule has 27 heavy (non-hydrogen) atoms. The summed E-state index contributed by atoms with van der Waals surface area (Å²) in [5.74, 6) is -1.09. The molecule has 0 saturated carbocycles. The summed E-state index contributed by atoms with van der Waals surface area (Å²) in [6.45, 7) is 1.41. The average Bonchev–Trinajstić information content (AvgIpc) is 2.71. The standard InChI is InChI=1S/C20H20N2O5/c1-14(19(24)21-22-20(25)16-6-4-3-5-7-16)27-18(23)13-10-15-8-11-17(26-2)12-9-15/h3-14H,1-2H3,(H,21,24)(H,22,25)/b13-10+/t14-/m1/s1. The van der Waals surface area contributed by atoms with Gasteiger partial charge in [0.1, 0.15) is 5.75 Å². The summed E-state index contributed by atoms with van der Waals surface area (Å²) in [5, 5.41) is 0. The van der Waals surface area contributed by atoms with Crippen molar-refractivity contribution in [1.29, 1.82) is 0 Å². The van der Waals surface area contributed by atoms with Crippen LogP contribution in [0.5, 0.6) is 5.75 Å². The molecule has 2 amide bonds. The Bertz CT molecular complexity index is 816. The molecule has 2 aromatic carbocycles. The maximum absolute atomic E-state index is 11.9. The highest BCUT2D eigenvalue weighted by atomic mass is 16.5. The van der Waals surface area contributed by atoms with Gasteiger partial charge in [-0.05, 0) is 42.8 Å². The van der Waals surface area contributed by atoms with Crippen LogP contribution in [0.25, 0.3) is 6.08 Å². The number of hydrogen-bond donors (Lipinski definition) is 2. The van der Waals surface area contributed by atoms with Crippen LogP contribution in [-0.4, -0.2) is 31.0 Å². The van der Waals surface area contributed by atoms with Crippen molar-refractivity contribution in [3.05, 3.63) is 71.8 Å². The van der Waals surface area contributed by atoms with E-state index in [2.05, 4.69) is 10.9 Å². The van der Waals surface area contributed by atoms with E-state index >= 15 is 0 Å². The van der Waals surface area contributed by atoms with E-state index in [-0.39, 0.29) is 0 Å². The average molecular weight is 368 g/mol. The van der Waals surface area contributed by atoms with Crippen molar-refractivity contribution in [2.75, 3.05) is 7.11 Å². The Balaban J connectivity index is 1.79. The molecular formula is C20H20N2O5. The Hall–Kier alpha value is -3.61. The van der Waals surface area contributed by atoms with Gasteiger partial charge in [-0.2, -0.15) is 0 Å². The Morgan fingerprint density at radius 2 is 1.63 bits per heavy atom. The van der Waals surface area contributed by atoms with Crippen molar-refractivity contribution in [3.8, 4) is 5.75 Å². The fourth-order valence-electron chi connectivity index (χ4n) is 2.03. The van der Waals surface area contributed by atoms with Gasteiger partial charge in [0, 0.05) is 11.6 Å². The molecule has 0 fully saturated rings. The molecule has 1 atom stereocenters. The van der Waals surface area contributed by atoms with Gasteiger partial charge in [-0.25, -0.2) is 4.79 Å². The van der Waals surface area contributed by atoms with E-state index in [4.69, 9.17) is 9.47 Å². The molecule has 140 valence electrons. The molecule has 0 saturated heterocycles. The minimum absolute atomic E-state index is 0.393. The molecule has 0 heterocycles. The highest BCUT2D eigenvalue weighted by molar-refractivity contribution is 5.96. The number of nitrogens with one attached hydrogen (secondary N) is 2. The van der Waals surface area contributed by atoms with Crippen molar-refractivity contribution in [1.82, 2.24) is 10.9 Å². The minimum Gasteiger partial charge on any atom is -0.497 e. The molecule has 0 spiro atoms. The second-order valence-electron chi connectivity index (χ2n) is 5.50. The fraction of sp³-hybridized carbons (Fsp3) is 0.150. The predicted molar refractivity (Wildman–Crippen MR) is 99.6 cm³/mol. The SMILES string of the molecule is COc1ccc(/C=C/C(=O)O[C@H](C)C(=O)NNC(=O)c2ccccc2)cc1. The Labute approximate surface area is 156 Å². The third kappa shape index (κ3) is 6.32.